The highest BCUT2D eigenvalue weighted by molar-refractivity contribution is 7.17. The predicted molar refractivity (Wildman–Crippen MR) is 97.9 cm³/mol. The van der Waals surface area contributed by atoms with E-state index in [2.05, 4.69) is 20.2 Å². The summed E-state index contributed by atoms with van der Waals surface area (Å²) in [6.45, 7) is 2.03. The Kier molecular flexibility index (Phi) is 4.13. The molecule has 0 unspecified atom stereocenters. The highest BCUT2D eigenvalue weighted by Gasteiger charge is 2.19. The van der Waals surface area contributed by atoms with E-state index in [0.717, 1.165) is 40.2 Å². The van der Waals surface area contributed by atoms with Gasteiger partial charge in [-0.25, -0.2) is 9.97 Å². The summed E-state index contributed by atoms with van der Waals surface area (Å²) in [6.07, 6.45) is 6.90. The molecule has 0 spiro atoms. The summed E-state index contributed by atoms with van der Waals surface area (Å²) >= 11 is 1.51. The Bertz CT molecular complexity index is 870. The maximum Gasteiger partial charge on any atom is 0.257 e. The highest BCUT2D eigenvalue weighted by atomic mass is 32.1. The second-order valence-corrected chi connectivity index (χ2v) is 6.77. The van der Waals surface area contributed by atoms with E-state index < -0.39 is 0 Å². The van der Waals surface area contributed by atoms with Crippen LogP contribution in [0, 0.1) is 0 Å². The van der Waals surface area contributed by atoms with Gasteiger partial charge in [0.15, 0.2) is 0 Å². The van der Waals surface area contributed by atoms with Gasteiger partial charge in [0.05, 0.1) is 16.6 Å². The van der Waals surface area contributed by atoms with E-state index in [1.807, 2.05) is 29.6 Å². The second kappa shape index (κ2) is 6.57. The molecule has 6 heteroatoms. The number of carbonyl (C=O) groups is 1. The number of fused-ring (bicyclic) bond motifs is 1. The number of carbonyl (C=O) groups excluding carboxylic acids is 1. The number of rotatable bonds is 3. The maximum atomic E-state index is 12.8. The molecule has 3 aromatic rings. The Labute approximate surface area is 144 Å². The van der Waals surface area contributed by atoms with Crippen molar-refractivity contribution in [2.75, 3.05) is 23.3 Å². The molecule has 2 aromatic heterocycles. The van der Waals surface area contributed by atoms with Crippen LogP contribution in [0.4, 0.5) is 11.4 Å². The zero-order valence-electron chi connectivity index (χ0n) is 13.2. The molecule has 4 rings (SSSR count). The van der Waals surface area contributed by atoms with Gasteiger partial charge in [0, 0.05) is 30.4 Å². The Morgan fingerprint density at radius 3 is 2.88 bits per heavy atom. The number of benzene rings is 1. The molecule has 1 aliphatic heterocycles. The van der Waals surface area contributed by atoms with Crippen LogP contribution in [0.3, 0.4) is 0 Å². The van der Waals surface area contributed by atoms with Crippen LogP contribution in [0.2, 0.25) is 0 Å². The fourth-order valence-electron chi connectivity index (χ4n) is 3.14. The van der Waals surface area contributed by atoms with Crippen molar-refractivity contribution in [1.29, 1.82) is 0 Å². The van der Waals surface area contributed by atoms with E-state index >= 15 is 0 Å². The molecule has 1 aromatic carbocycles. The molecule has 0 saturated carbocycles. The molecule has 1 fully saturated rings. The van der Waals surface area contributed by atoms with Crippen molar-refractivity contribution in [3.05, 3.63) is 47.7 Å². The van der Waals surface area contributed by atoms with Gasteiger partial charge in [0.25, 0.3) is 5.91 Å². The van der Waals surface area contributed by atoms with Crippen LogP contribution in [0.25, 0.3) is 10.2 Å². The van der Waals surface area contributed by atoms with Crippen LogP contribution in [0.5, 0.6) is 0 Å². The van der Waals surface area contributed by atoms with Gasteiger partial charge in [0.2, 0.25) is 0 Å². The molecule has 1 saturated heterocycles. The molecule has 1 aliphatic rings. The summed E-state index contributed by atoms with van der Waals surface area (Å²) in [6, 6.07) is 7.84. The number of piperidine rings is 1. The number of aromatic nitrogens is 2. The molecule has 122 valence electrons. The lowest BCUT2D eigenvalue weighted by molar-refractivity contribution is 0.102. The number of nitrogens with zero attached hydrogens (tertiary/aromatic N) is 3. The van der Waals surface area contributed by atoms with Crippen LogP contribution in [0.1, 0.15) is 29.6 Å². The third kappa shape index (κ3) is 2.85. The summed E-state index contributed by atoms with van der Waals surface area (Å²) < 4.78 is 0. The van der Waals surface area contributed by atoms with Crippen LogP contribution >= 0.6 is 11.3 Å². The maximum absolute atomic E-state index is 12.8. The Morgan fingerprint density at radius 2 is 2.00 bits per heavy atom. The van der Waals surface area contributed by atoms with Crippen LogP contribution in [-0.2, 0) is 0 Å². The van der Waals surface area contributed by atoms with Gasteiger partial charge >= 0.3 is 0 Å². The van der Waals surface area contributed by atoms with Gasteiger partial charge < -0.3 is 10.2 Å². The van der Waals surface area contributed by atoms with E-state index in [1.54, 1.807) is 6.20 Å². The average Bonchev–Trinajstić information content (AvgIpc) is 3.05. The molecule has 0 atom stereocenters. The molecule has 0 aliphatic carbocycles. The fraction of sp³-hybridized carbons (Fsp3) is 0.278. The lowest BCUT2D eigenvalue weighted by atomic mass is 10.1. The number of hydrogen-bond donors (Lipinski definition) is 1. The van der Waals surface area contributed by atoms with Crippen LogP contribution in [-0.4, -0.2) is 29.0 Å². The molecule has 5 nitrogen and oxygen atoms in total. The van der Waals surface area contributed by atoms with Crippen molar-refractivity contribution < 1.29 is 4.79 Å². The van der Waals surface area contributed by atoms with Crippen molar-refractivity contribution in [3.8, 4) is 0 Å². The number of thiophene rings is 1. The molecule has 1 N–H and O–H groups in total. The average molecular weight is 338 g/mol. The first kappa shape index (κ1) is 15.1. The number of amides is 1. The van der Waals surface area contributed by atoms with Crippen molar-refractivity contribution in [3.63, 3.8) is 0 Å². The number of para-hydroxylation sites is 1. The summed E-state index contributed by atoms with van der Waals surface area (Å²) in [7, 11) is 0. The molecular formula is C18H18N4OS. The summed E-state index contributed by atoms with van der Waals surface area (Å²) in [5.41, 5.74) is 2.51. The number of anilines is 2. The molecule has 1 amide bonds. The highest BCUT2D eigenvalue weighted by Crippen LogP contribution is 2.29. The molecule has 0 radical (unpaired) electrons. The van der Waals surface area contributed by atoms with Crippen LogP contribution < -0.4 is 10.2 Å². The van der Waals surface area contributed by atoms with Gasteiger partial charge in [-0.3, -0.25) is 4.79 Å². The van der Waals surface area contributed by atoms with Gasteiger partial charge in [-0.15, -0.1) is 11.3 Å². The molecule has 0 bridgehead atoms. The standard InChI is InChI=1S/C18H18N4OS/c23-17(21-15-11-24-18-14(15)10-19-12-20-18)13-6-2-3-7-16(13)22-8-4-1-5-9-22/h2-3,6-7,10-12H,1,4-5,8-9H2,(H,21,23). The van der Waals surface area contributed by atoms with Crippen molar-refractivity contribution >= 4 is 38.8 Å². The quantitative estimate of drug-likeness (QED) is 0.786. The summed E-state index contributed by atoms with van der Waals surface area (Å²) in [4.78, 5) is 24.3. The van der Waals surface area contributed by atoms with Crippen molar-refractivity contribution in [2.45, 2.75) is 19.3 Å². The van der Waals surface area contributed by atoms with E-state index in [9.17, 15) is 4.79 Å². The molecule has 24 heavy (non-hydrogen) atoms. The number of hydrogen-bond acceptors (Lipinski definition) is 5. The van der Waals surface area contributed by atoms with Gasteiger partial charge in [0.1, 0.15) is 11.2 Å². The monoisotopic (exact) mass is 338 g/mol. The predicted octanol–water partition coefficient (Wildman–Crippen LogP) is 3.93. The zero-order valence-corrected chi connectivity index (χ0v) is 14.1. The minimum absolute atomic E-state index is 0.0836. The Hall–Kier alpha value is -2.47. The number of nitrogens with one attached hydrogen (secondary N) is 1. The fourth-order valence-corrected chi connectivity index (χ4v) is 3.95. The first-order valence-electron chi connectivity index (χ1n) is 8.15. The topological polar surface area (TPSA) is 58.1 Å². The van der Waals surface area contributed by atoms with E-state index in [0.29, 0.717) is 0 Å². The largest absolute Gasteiger partial charge is 0.371 e. The van der Waals surface area contributed by atoms with Gasteiger partial charge in [-0.2, -0.15) is 0 Å². The van der Waals surface area contributed by atoms with Gasteiger partial charge in [-0.1, -0.05) is 12.1 Å². The zero-order chi connectivity index (χ0) is 16.4. The second-order valence-electron chi connectivity index (χ2n) is 5.91. The first-order valence-corrected chi connectivity index (χ1v) is 9.03. The minimum Gasteiger partial charge on any atom is -0.371 e. The third-order valence-corrected chi connectivity index (χ3v) is 5.25. The van der Waals surface area contributed by atoms with E-state index in [4.69, 9.17) is 0 Å². The molecular weight excluding hydrogens is 320 g/mol. The molecule has 3 heterocycles. The normalized spacial score (nSPS) is 14.8. The smallest absolute Gasteiger partial charge is 0.257 e. The van der Waals surface area contributed by atoms with Gasteiger partial charge in [-0.05, 0) is 31.4 Å². The van der Waals surface area contributed by atoms with E-state index in [-0.39, 0.29) is 5.91 Å². The van der Waals surface area contributed by atoms with E-state index in [1.165, 1.54) is 36.9 Å². The van der Waals surface area contributed by atoms with Crippen LogP contribution in [0.15, 0.2) is 42.2 Å². The minimum atomic E-state index is -0.0836. The van der Waals surface area contributed by atoms with Crippen molar-refractivity contribution in [2.24, 2.45) is 0 Å². The van der Waals surface area contributed by atoms with Crippen molar-refractivity contribution in [1.82, 2.24) is 9.97 Å². The first-order chi connectivity index (χ1) is 11.8. The Balaban J connectivity index is 1.63. The Morgan fingerprint density at radius 1 is 1.17 bits per heavy atom. The SMILES string of the molecule is O=C(Nc1csc2ncncc12)c1ccccc1N1CCCCC1. The summed E-state index contributed by atoms with van der Waals surface area (Å²) in [5.74, 6) is -0.0836. The third-order valence-electron chi connectivity index (χ3n) is 4.35. The lowest BCUT2D eigenvalue weighted by Gasteiger charge is -2.30. The lowest BCUT2D eigenvalue weighted by Crippen LogP contribution is -2.31. The summed E-state index contributed by atoms with van der Waals surface area (Å²) in [5, 5.41) is 5.82.